The Kier molecular flexibility index (Phi) is 9.90. The Balaban J connectivity index is 1.76. The van der Waals surface area contributed by atoms with E-state index in [0.29, 0.717) is 13.7 Å². The molecule has 224 valence electrons. The zero-order valence-corrected chi connectivity index (χ0v) is 21.8. The van der Waals surface area contributed by atoms with Gasteiger partial charge >= 0.3 is 29.0 Å². The summed E-state index contributed by atoms with van der Waals surface area (Å²) in [7, 11) is 0. The van der Waals surface area contributed by atoms with E-state index in [1.54, 1.807) is 0 Å². The quantitative estimate of drug-likeness (QED) is 0.0812. The second-order valence-corrected chi connectivity index (χ2v) is 8.91. The third-order valence-corrected chi connectivity index (χ3v) is 5.65. The normalized spacial score (nSPS) is 12.3. The minimum absolute atomic E-state index is 0.160. The van der Waals surface area contributed by atoms with Gasteiger partial charge in [0.25, 0.3) is 0 Å². The SMILES string of the molecule is C=CCn1c(=O)n(CC(O)COC(=O)c2cc(O)cc(O)c2)c(=O)n(CC(O)COC(=O)c2ccc(O)c(O)c2)c1=O. The fourth-order valence-corrected chi connectivity index (χ4v) is 3.68. The lowest BCUT2D eigenvalue weighted by molar-refractivity contribution is 0.0188. The molecule has 2 aromatic carbocycles. The fraction of sp³-hybridized carbons (Fsp3) is 0.269. The first-order chi connectivity index (χ1) is 19.8. The molecule has 42 heavy (non-hydrogen) atoms. The lowest BCUT2D eigenvalue weighted by Crippen LogP contribution is -2.56. The van der Waals surface area contributed by atoms with Crippen LogP contribution in [0.3, 0.4) is 0 Å². The van der Waals surface area contributed by atoms with E-state index in [1.807, 2.05) is 0 Å². The topological polar surface area (TPSA) is 240 Å². The number of hydrogen-bond acceptors (Lipinski definition) is 13. The van der Waals surface area contributed by atoms with Gasteiger partial charge in [0.05, 0.1) is 30.8 Å². The molecule has 1 aromatic heterocycles. The van der Waals surface area contributed by atoms with Crippen molar-refractivity contribution in [1.82, 2.24) is 13.7 Å². The van der Waals surface area contributed by atoms with Gasteiger partial charge < -0.3 is 40.1 Å². The average molecular weight is 590 g/mol. The van der Waals surface area contributed by atoms with E-state index in [9.17, 15) is 54.6 Å². The summed E-state index contributed by atoms with van der Waals surface area (Å²) in [6.07, 6.45) is -2.07. The first-order valence-electron chi connectivity index (χ1n) is 12.1. The van der Waals surface area contributed by atoms with Gasteiger partial charge in [0.2, 0.25) is 0 Å². The summed E-state index contributed by atoms with van der Waals surface area (Å²) < 4.78 is 11.4. The average Bonchev–Trinajstić information content (AvgIpc) is 2.94. The first-order valence-corrected chi connectivity index (χ1v) is 12.1. The largest absolute Gasteiger partial charge is 0.508 e. The molecule has 0 bridgehead atoms. The van der Waals surface area contributed by atoms with Crippen molar-refractivity contribution < 1.29 is 49.7 Å². The monoisotopic (exact) mass is 589 g/mol. The van der Waals surface area contributed by atoms with Crippen LogP contribution in [-0.2, 0) is 29.1 Å². The van der Waals surface area contributed by atoms with Crippen LogP contribution in [0.25, 0.3) is 0 Å². The van der Waals surface area contributed by atoms with Gasteiger partial charge in [0, 0.05) is 6.07 Å². The summed E-state index contributed by atoms with van der Waals surface area (Å²) in [5, 5.41) is 58.6. The summed E-state index contributed by atoms with van der Waals surface area (Å²) in [5.74, 6) is -3.94. The molecular weight excluding hydrogens is 562 g/mol. The molecule has 3 rings (SSSR count). The summed E-state index contributed by atoms with van der Waals surface area (Å²) in [6.45, 7) is 0.166. The first kappa shape index (κ1) is 31.2. The van der Waals surface area contributed by atoms with Crippen LogP contribution in [0.1, 0.15) is 20.7 Å². The molecule has 6 N–H and O–H groups in total. The van der Waals surface area contributed by atoms with E-state index in [-0.39, 0.29) is 17.7 Å². The number of phenolic OH excluding ortho intramolecular Hbond substituents is 4. The number of hydrogen-bond donors (Lipinski definition) is 6. The molecule has 2 atom stereocenters. The van der Waals surface area contributed by atoms with Crippen molar-refractivity contribution in [1.29, 1.82) is 0 Å². The molecule has 0 saturated heterocycles. The summed E-state index contributed by atoms with van der Waals surface area (Å²) in [4.78, 5) is 63.1. The zero-order chi connectivity index (χ0) is 31.1. The standard InChI is InChI=1S/C26H27N3O13/c1-2-5-27-24(38)28(10-18(32)12-41-22(36)14-3-4-20(34)21(35)8-14)26(40)29(25(27)39)11-19(33)13-42-23(37)15-6-16(30)9-17(31)7-15/h2-4,6-9,18-19,30-35H,1,5,10-13H2. The molecule has 0 amide bonds. The Morgan fingerprint density at radius 3 is 1.67 bits per heavy atom. The molecule has 0 radical (unpaired) electrons. The number of aromatic hydroxyl groups is 4. The van der Waals surface area contributed by atoms with Crippen LogP contribution < -0.4 is 17.1 Å². The maximum Gasteiger partial charge on any atom is 0.338 e. The number of ether oxygens (including phenoxy) is 2. The van der Waals surface area contributed by atoms with Crippen LogP contribution in [-0.4, -0.2) is 81.7 Å². The third kappa shape index (κ3) is 7.43. The number of benzene rings is 2. The number of nitrogens with zero attached hydrogens (tertiary/aromatic N) is 3. The Hall–Kier alpha value is -5.35. The minimum Gasteiger partial charge on any atom is -0.508 e. The van der Waals surface area contributed by atoms with Gasteiger partial charge in [0.15, 0.2) is 11.5 Å². The van der Waals surface area contributed by atoms with Crippen LogP contribution in [0, 0.1) is 0 Å². The maximum atomic E-state index is 13.0. The van der Waals surface area contributed by atoms with Crippen LogP contribution in [0.5, 0.6) is 23.0 Å². The second kappa shape index (κ2) is 13.3. The zero-order valence-electron chi connectivity index (χ0n) is 21.8. The fourth-order valence-electron chi connectivity index (χ4n) is 3.68. The number of allylic oxidation sites excluding steroid dienone is 1. The molecule has 3 aromatic rings. The number of aliphatic hydroxyl groups excluding tert-OH is 2. The summed E-state index contributed by atoms with van der Waals surface area (Å²) in [5.41, 5.74) is -3.89. The van der Waals surface area contributed by atoms with Gasteiger partial charge in [0.1, 0.15) is 36.9 Å². The van der Waals surface area contributed by atoms with Gasteiger partial charge in [-0.25, -0.2) is 37.7 Å². The Morgan fingerprint density at radius 2 is 1.19 bits per heavy atom. The number of aromatic nitrogens is 3. The highest BCUT2D eigenvalue weighted by molar-refractivity contribution is 5.90. The second-order valence-electron chi connectivity index (χ2n) is 8.91. The number of phenols is 4. The van der Waals surface area contributed by atoms with Gasteiger partial charge in [-0.2, -0.15) is 0 Å². The van der Waals surface area contributed by atoms with Crippen molar-refractivity contribution in [3.05, 3.63) is 91.6 Å². The van der Waals surface area contributed by atoms with Gasteiger partial charge in [-0.3, -0.25) is 0 Å². The molecule has 0 spiro atoms. The Bertz CT molecular complexity index is 1650. The molecule has 1 heterocycles. The van der Waals surface area contributed by atoms with E-state index in [4.69, 9.17) is 9.47 Å². The molecule has 0 aliphatic heterocycles. The van der Waals surface area contributed by atoms with Crippen LogP contribution in [0.4, 0.5) is 0 Å². The van der Waals surface area contributed by atoms with E-state index in [0.717, 1.165) is 36.4 Å². The van der Waals surface area contributed by atoms with Gasteiger partial charge in [-0.1, -0.05) is 6.08 Å². The molecule has 16 nitrogen and oxygen atoms in total. The molecule has 16 heteroatoms. The maximum absolute atomic E-state index is 13.0. The highest BCUT2D eigenvalue weighted by Crippen LogP contribution is 2.25. The number of carbonyl (C=O) groups is 2. The van der Waals surface area contributed by atoms with Gasteiger partial charge in [-0.05, 0) is 30.3 Å². The molecular formula is C26H27N3O13. The highest BCUT2D eigenvalue weighted by atomic mass is 16.5. The molecule has 0 fully saturated rings. The predicted molar refractivity (Wildman–Crippen MR) is 142 cm³/mol. The van der Waals surface area contributed by atoms with Gasteiger partial charge in [-0.15, -0.1) is 6.58 Å². The Morgan fingerprint density at radius 1 is 0.714 bits per heavy atom. The van der Waals surface area contributed by atoms with Crippen LogP contribution in [0.2, 0.25) is 0 Å². The Labute approximate surface area is 235 Å². The smallest absolute Gasteiger partial charge is 0.338 e. The minimum atomic E-state index is -1.64. The molecule has 0 saturated carbocycles. The van der Waals surface area contributed by atoms with E-state index in [1.165, 1.54) is 6.08 Å². The van der Waals surface area contributed by atoms with Crippen molar-refractivity contribution in [2.45, 2.75) is 31.8 Å². The third-order valence-electron chi connectivity index (χ3n) is 5.65. The molecule has 2 unspecified atom stereocenters. The van der Waals surface area contributed by atoms with Crippen LogP contribution in [0.15, 0.2) is 63.4 Å². The van der Waals surface area contributed by atoms with E-state index in [2.05, 4.69) is 6.58 Å². The lowest BCUT2D eigenvalue weighted by Gasteiger charge is -2.18. The summed E-state index contributed by atoms with van der Waals surface area (Å²) >= 11 is 0. The van der Waals surface area contributed by atoms with Crippen molar-refractivity contribution in [2.75, 3.05) is 13.2 Å². The highest BCUT2D eigenvalue weighted by Gasteiger charge is 2.22. The number of esters is 2. The van der Waals surface area contributed by atoms with Crippen molar-refractivity contribution >= 4 is 11.9 Å². The predicted octanol–water partition coefficient (Wildman–Crippen LogP) is -1.38. The lowest BCUT2D eigenvalue weighted by atomic mass is 10.2. The van der Waals surface area contributed by atoms with E-state index >= 15 is 0 Å². The van der Waals surface area contributed by atoms with Crippen LogP contribution >= 0.6 is 0 Å². The van der Waals surface area contributed by atoms with E-state index < -0.39 is 90.5 Å². The number of aliphatic hydroxyl groups is 2. The van der Waals surface area contributed by atoms with Crippen molar-refractivity contribution in [3.63, 3.8) is 0 Å². The van der Waals surface area contributed by atoms with Crippen molar-refractivity contribution in [3.8, 4) is 23.0 Å². The molecule has 0 aliphatic rings. The number of rotatable bonds is 12. The van der Waals surface area contributed by atoms with Crippen molar-refractivity contribution in [2.24, 2.45) is 0 Å². The molecule has 0 aliphatic carbocycles. The number of carbonyl (C=O) groups excluding carboxylic acids is 2. The summed E-state index contributed by atoms with van der Waals surface area (Å²) in [6, 6.07) is 6.09.